The predicted octanol–water partition coefficient (Wildman–Crippen LogP) is 2.65. The summed E-state index contributed by atoms with van der Waals surface area (Å²) in [6.45, 7) is 11.8. The van der Waals surface area contributed by atoms with E-state index in [2.05, 4.69) is 50.5 Å². The van der Waals surface area contributed by atoms with Gasteiger partial charge in [0.25, 0.3) is 0 Å². The summed E-state index contributed by atoms with van der Waals surface area (Å²) in [4.78, 5) is 0. The topological polar surface area (TPSA) is 43.8 Å². The summed E-state index contributed by atoms with van der Waals surface area (Å²) < 4.78 is 2.14. The molecule has 1 aromatic heterocycles. The van der Waals surface area contributed by atoms with Gasteiger partial charge in [0.1, 0.15) is 0 Å². The van der Waals surface area contributed by atoms with E-state index in [0.717, 1.165) is 19.4 Å². The van der Waals surface area contributed by atoms with Crippen LogP contribution in [-0.4, -0.2) is 16.3 Å². The lowest BCUT2D eigenvalue weighted by Gasteiger charge is -2.22. The molecule has 3 heteroatoms. The van der Waals surface area contributed by atoms with E-state index in [1.165, 1.54) is 11.4 Å². The number of nitrogens with zero attached hydrogens (tertiary/aromatic N) is 2. The smallest absolute Gasteiger partial charge is 0.0628 e. The monoisotopic (exact) mass is 223 g/mol. The van der Waals surface area contributed by atoms with E-state index in [4.69, 9.17) is 5.73 Å². The predicted molar refractivity (Wildman–Crippen MR) is 68.7 cm³/mol. The Morgan fingerprint density at radius 1 is 1.38 bits per heavy atom. The first-order valence-electron chi connectivity index (χ1n) is 6.15. The van der Waals surface area contributed by atoms with E-state index in [0.29, 0.717) is 6.04 Å². The van der Waals surface area contributed by atoms with Crippen molar-refractivity contribution >= 4 is 0 Å². The second kappa shape index (κ2) is 5.00. The SMILES string of the molecule is CC(C)n1nc(CCCN)cc1C(C)(C)C. The fourth-order valence-corrected chi connectivity index (χ4v) is 1.80. The average Bonchev–Trinajstić information content (AvgIpc) is 2.58. The average molecular weight is 223 g/mol. The molecule has 0 unspecified atom stereocenters. The Morgan fingerprint density at radius 2 is 2.00 bits per heavy atom. The van der Waals surface area contributed by atoms with Crippen LogP contribution in [-0.2, 0) is 11.8 Å². The Kier molecular flexibility index (Phi) is 4.14. The van der Waals surface area contributed by atoms with Crippen LogP contribution in [0.25, 0.3) is 0 Å². The lowest BCUT2D eigenvalue weighted by atomic mass is 9.91. The first-order chi connectivity index (χ1) is 7.36. The first kappa shape index (κ1) is 13.2. The number of aromatic nitrogens is 2. The van der Waals surface area contributed by atoms with Gasteiger partial charge in [0.2, 0.25) is 0 Å². The summed E-state index contributed by atoms with van der Waals surface area (Å²) >= 11 is 0. The lowest BCUT2D eigenvalue weighted by molar-refractivity contribution is 0.444. The van der Waals surface area contributed by atoms with Crippen LogP contribution < -0.4 is 5.73 Å². The Balaban J connectivity index is 3.01. The highest BCUT2D eigenvalue weighted by atomic mass is 15.3. The molecule has 2 N–H and O–H groups in total. The van der Waals surface area contributed by atoms with Crippen LogP contribution in [0, 0.1) is 0 Å². The maximum absolute atomic E-state index is 5.53. The minimum Gasteiger partial charge on any atom is -0.330 e. The summed E-state index contributed by atoms with van der Waals surface area (Å²) in [6.07, 6.45) is 2.00. The third kappa shape index (κ3) is 3.08. The minimum atomic E-state index is 0.151. The molecular weight excluding hydrogens is 198 g/mol. The lowest BCUT2D eigenvalue weighted by Crippen LogP contribution is -2.19. The van der Waals surface area contributed by atoms with Crippen molar-refractivity contribution < 1.29 is 0 Å². The molecule has 0 aliphatic carbocycles. The van der Waals surface area contributed by atoms with Gasteiger partial charge in [-0.2, -0.15) is 5.10 Å². The highest BCUT2D eigenvalue weighted by Crippen LogP contribution is 2.25. The molecule has 1 heterocycles. The molecule has 92 valence electrons. The Hall–Kier alpha value is -0.830. The van der Waals surface area contributed by atoms with Crippen molar-refractivity contribution in [2.75, 3.05) is 6.54 Å². The Bertz CT molecular complexity index is 331. The molecule has 0 bridgehead atoms. The van der Waals surface area contributed by atoms with Crippen LogP contribution in [0.4, 0.5) is 0 Å². The van der Waals surface area contributed by atoms with E-state index in [9.17, 15) is 0 Å². The molecule has 0 radical (unpaired) electrons. The Morgan fingerprint density at radius 3 is 2.38 bits per heavy atom. The maximum atomic E-state index is 5.53. The standard InChI is InChI=1S/C13H25N3/c1-10(2)16-12(13(3,4)5)9-11(15-16)7-6-8-14/h9-10H,6-8,14H2,1-5H3. The van der Waals surface area contributed by atoms with Crippen molar-refractivity contribution in [3.63, 3.8) is 0 Å². The molecule has 0 atom stereocenters. The number of hydrogen-bond donors (Lipinski definition) is 1. The van der Waals surface area contributed by atoms with Crippen LogP contribution in [0.1, 0.15) is 58.5 Å². The van der Waals surface area contributed by atoms with Crippen molar-refractivity contribution in [1.82, 2.24) is 9.78 Å². The molecule has 0 amide bonds. The van der Waals surface area contributed by atoms with E-state index in [-0.39, 0.29) is 5.41 Å². The third-order valence-corrected chi connectivity index (χ3v) is 2.68. The molecule has 3 nitrogen and oxygen atoms in total. The molecular formula is C13H25N3. The van der Waals surface area contributed by atoms with Gasteiger partial charge in [-0.05, 0) is 39.3 Å². The quantitative estimate of drug-likeness (QED) is 0.852. The third-order valence-electron chi connectivity index (χ3n) is 2.68. The molecule has 1 aromatic rings. The second-order valence-corrected chi connectivity index (χ2v) is 5.70. The van der Waals surface area contributed by atoms with Gasteiger partial charge in [-0.25, -0.2) is 0 Å². The van der Waals surface area contributed by atoms with Gasteiger partial charge in [-0.15, -0.1) is 0 Å². The summed E-state index contributed by atoms with van der Waals surface area (Å²) in [5.74, 6) is 0. The fourth-order valence-electron chi connectivity index (χ4n) is 1.80. The molecule has 0 aromatic carbocycles. The van der Waals surface area contributed by atoms with E-state index in [1.54, 1.807) is 0 Å². The van der Waals surface area contributed by atoms with E-state index < -0.39 is 0 Å². The van der Waals surface area contributed by atoms with Gasteiger partial charge in [0.05, 0.1) is 5.69 Å². The number of hydrogen-bond acceptors (Lipinski definition) is 2. The zero-order chi connectivity index (χ0) is 12.3. The normalized spacial score (nSPS) is 12.4. The van der Waals surface area contributed by atoms with Crippen LogP contribution in [0.2, 0.25) is 0 Å². The minimum absolute atomic E-state index is 0.151. The molecule has 0 spiro atoms. The second-order valence-electron chi connectivity index (χ2n) is 5.70. The van der Waals surface area contributed by atoms with Crippen molar-refractivity contribution in [3.05, 3.63) is 17.5 Å². The van der Waals surface area contributed by atoms with Crippen LogP contribution in [0.5, 0.6) is 0 Å². The van der Waals surface area contributed by atoms with Gasteiger partial charge < -0.3 is 5.73 Å². The zero-order valence-electron chi connectivity index (χ0n) is 11.2. The summed E-state index contributed by atoms with van der Waals surface area (Å²) in [5, 5.41) is 4.67. The van der Waals surface area contributed by atoms with Crippen LogP contribution in [0.3, 0.4) is 0 Å². The van der Waals surface area contributed by atoms with Crippen LogP contribution in [0.15, 0.2) is 6.07 Å². The number of nitrogens with two attached hydrogens (primary N) is 1. The highest BCUT2D eigenvalue weighted by Gasteiger charge is 2.21. The molecule has 0 saturated heterocycles. The number of aryl methyl sites for hydroxylation is 1. The van der Waals surface area contributed by atoms with E-state index >= 15 is 0 Å². The largest absolute Gasteiger partial charge is 0.330 e. The van der Waals surface area contributed by atoms with E-state index in [1.807, 2.05) is 0 Å². The first-order valence-corrected chi connectivity index (χ1v) is 6.15. The van der Waals surface area contributed by atoms with Crippen molar-refractivity contribution in [1.29, 1.82) is 0 Å². The maximum Gasteiger partial charge on any atom is 0.0628 e. The summed E-state index contributed by atoms with van der Waals surface area (Å²) in [6, 6.07) is 2.65. The zero-order valence-corrected chi connectivity index (χ0v) is 11.2. The molecule has 0 aliphatic rings. The highest BCUT2D eigenvalue weighted by molar-refractivity contribution is 5.18. The van der Waals surface area contributed by atoms with Crippen molar-refractivity contribution in [2.24, 2.45) is 5.73 Å². The summed E-state index contributed by atoms with van der Waals surface area (Å²) in [7, 11) is 0. The molecule has 0 fully saturated rings. The Labute approximate surface area is 99.0 Å². The molecule has 1 rings (SSSR count). The van der Waals surface area contributed by atoms with Gasteiger partial charge in [-0.3, -0.25) is 4.68 Å². The summed E-state index contributed by atoms with van der Waals surface area (Å²) in [5.41, 5.74) is 8.17. The molecule has 16 heavy (non-hydrogen) atoms. The van der Waals surface area contributed by atoms with Gasteiger partial charge in [-0.1, -0.05) is 20.8 Å². The fraction of sp³-hybridized carbons (Fsp3) is 0.769. The number of rotatable bonds is 4. The van der Waals surface area contributed by atoms with Gasteiger partial charge in [0, 0.05) is 17.2 Å². The van der Waals surface area contributed by atoms with Crippen molar-refractivity contribution in [2.45, 2.75) is 58.9 Å². The molecule has 0 saturated carbocycles. The van der Waals surface area contributed by atoms with Gasteiger partial charge >= 0.3 is 0 Å². The molecule has 0 aliphatic heterocycles. The van der Waals surface area contributed by atoms with Crippen LogP contribution >= 0.6 is 0 Å². The van der Waals surface area contributed by atoms with Gasteiger partial charge in [0.15, 0.2) is 0 Å². The van der Waals surface area contributed by atoms with Crippen molar-refractivity contribution in [3.8, 4) is 0 Å².